The van der Waals surface area contributed by atoms with Crippen LogP contribution in [0.1, 0.15) is 28.9 Å². The Hall–Kier alpha value is -1.03. The maximum absolute atomic E-state index is 11.5. The van der Waals surface area contributed by atoms with E-state index in [4.69, 9.17) is 11.6 Å². The predicted octanol–water partition coefficient (Wildman–Crippen LogP) is 1.47. The van der Waals surface area contributed by atoms with Crippen LogP contribution >= 0.6 is 11.6 Å². The number of carbonyl (C=O) groups is 1. The van der Waals surface area contributed by atoms with E-state index in [1.54, 1.807) is 0 Å². The maximum Gasteiger partial charge on any atom is 0.254 e. The van der Waals surface area contributed by atoms with Crippen LogP contribution in [0.4, 0.5) is 0 Å². The Balaban J connectivity index is 2.32. The van der Waals surface area contributed by atoms with E-state index in [9.17, 15) is 4.79 Å². The van der Waals surface area contributed by atoms with Crippen LogP contribution in [-0.4, -0.2) is 28.5 Å². The molecule has 0 atom stereocenters. The van der Waals surface area contributed by atoms with E-state index in [-0.39, 0.29) is 5.91 Å². The Morgan fingerprint density at radius 1 is 1.64 bits per heavy atom. The number of halogens is 1. The zero-order valence-electron chi connectivity index (χ0n) is 8.14. The molecule has 1 aromatic rings. The predicted molar refractivity (Wildman–Crippen MR) is 55.6 cm³/mol. The molecular formula is C9H14ClN3O. The van der Waals surface area contributed by atoms with Gasteiger partial charge in [-0.15, -0.1) is 11.6 Å². The fraction of sp³-hybridized carbons (Fsp3) is 0.556. The SMILES string of the molecule is Cc1[nH]ncc1C(=O)NCCCCCl. The lowest BCUT2D eigenvalue weighted by Crippen LogP contribution is -2.24. The van der Waals surface area contributed by atoms with Gasteiger partial charge in [-0.25, -0.2) is 0 Å². The molecule has 1 rings (SSSR count). The number of rotatable bonds is 5. The van der Waals surface area contributed by atoms with Crippen molar-refractivity contribution in [2.45, 2.75) is 19.8 Å². The maximum atomic E-state index is 11.5. The molecule has 5 heteroatoms. The van der Waals surface area contributed by atoms with Gasteiger partial charge < -0.3 is 5.32 Å². The summed E-state index contributed by atoms with van der Waals surface area (Å²) >= 11 is 5.51. The lowest BCUT2D eigenvalue weighted by molar-refractivity contribution is 0.0952. The summed E-state index contributed by atoms with van der Waals surface area (Å²) in [5.74, 6) is 0.562. The second-order valence-electron chi connectivity index (χ2n) is 3.06. The summed E-state index contributed by atoms with van der Waals surface area (Å²) < 4.78 is 0. The number of carbonyl (C=O) groups excluding carboxylic acids is 1. The van der Waals surface area contributed by atoms with Crippen LogP contribution in [0.5, 0.6) is 0 Å². The van der Waals surface area contributed by atoms with E-state index >= 15 is 0 Å². The molecule has 1 heterocycles. The van der Waals surface area contributed by atoms with Gasteiger partial charge in [-0.3, -0.25) is 9.89 Å². The van der Waals surface area contributed by atoms with Gasteiger partial charge >= 0.3 is 0 Å². The topological polar surface area (TPSA) is 57.8 Å². The van der Waals surface area contributed by atoms with Gasteiger partial charge in [0, 0.05) is 18.1 Å². The summed E-state index contributed by atoms with van der Waals surface area (Å²) in [6, 6.07) is 0. The Kier molecular flexibility index (Phi) is 4.46. The Morgan fingerprint density at radius 3 is 3.00 bits per heavy atom. The van der Waals surface area contributed by atoms with Gasteiger partial charge in [0.05, 0.1) is 11.8 Å². The monoisotopic (exact) mass is 215 g/mol. The number of aromatic nitrogens is 2. The molecule has 2 N–H and O–H groups in total. The number of unbranched alkanes of at least 4 members (excludes halogenated alkanes) is 1. The van der Waals surface area contributed by atoms with E-state index in [0.717, 1.165) is 18.5 Å². The summed E-state index contributed by atoms with van der Waals surface area (Å²) in [6.45, 7) is 2.48. The number of H-pyrrole nitrogens is 1. The first-order valence-electron chi connectivity index (χ1n) is 4.60. The van der Waals surface area contributed by atoms with Crippen LogP contribution in [0.25, 0.3) is 0 Å². The lowest BCUT2D eigenvalue weighted by atomic mass is 10.2. The number of aromatic amines is 1. The van der Waals surface area contributed by atoms with Crippen LogP contribution in [-0.2, 0) is 0 Å². The molecular weight excluding hydrogens is 202 g/mol. The van der Waals surface area contributed by atoms with Crippen LogP contribution in [0.2, 0.25) is 0 Å². The van der Waals surface area contributed by atoms with E-state index in [1.165, 1.54) is 6.20 Å². The Morgan fingerprint density at radius 2 is 2.43 bits per heavy atom. The Labute approximate surface area is 88.0 Å². The molecule has 78 valence electrons. The number of nitrogens with one attached hydrogen (secondary N) is 2. The van der Waals surface area contributed by atoms with Gasteiger partial charge in [-0.1, -0.05) is 0 Å². The third-order valence-corrected chi connectivity index (χ3v) is 2.19. The zero-order valence-corrected chi connectivity index (χ0v) is 8.90. The van der Waals surface area contributed by atoms with E-state index in [2.05, 4.69) is 15.5 Å². The highest BCUT2D eigenvalue weighted by Crippen LogP contribution is 2.01. The van der Waals surface area contributed by atoms with Crippen molar-refractivity contribution in [3.63, 3.8) is 0 Å². The smallest absolute Gasteiger partial charge is 0.254 e. The summed E-state index contributed by atoms with van der Waals surface area (Å²) in [7, 11) is 0. The van der Waals surface area contributed by atoms with Crippen molar-refractivity contribution in [3.8, 4) is 0 Å². The molecule has 0 aliphatic rings. The minimum Gasteiger partial charge on any atom is -0.352 e. The number of hydrogen-bond acceptors (Lipinski definition) is 2. The average Bonchev–Trinajstić information content (AvgIpc) is 2.59. The van der Waals surface area contributed by atoms with E-state index < -0.39 is 0 Å². The average molecular weight is 216 g/mol. The van der Waals surface area contributed by atoms with Crippen LogP contribution in [0.15, 0.2) is 6.20 Å². The van der Waals surface area contributed by atoms with Crippen molar-refractivity contribution in [1.29, 1.82) is 0 Å². The number of alkyl halides is 1. The van der Waals surface area contributed by atoms with Crippen molar-refractivity contribution in [2.75, 3.05) is 12.4 Å². The van der Waals surface area contributed by atoms with Gasteiger partial charge in [-0.2, -0.15) is 5.10 Å². The first-order chi connectivity index (χ1) is 6.75. The van der Waals surface area contributed by atoms with Gasteiger partial charge in [0.25, 0.3) is 5.91 Å². The van der Waals surface area contributed by atoms with Crippen LogP contribution < -0.4 is 5.32 Å². The molecule has 1 aromatic heterocycles. The standard InChI is InChI=1S/C9H14ClN3O/c1-7-8(6-12-13-7)9(14)11-5-3-2-4-10/h6H,2-5H2,1H3,(H,11,14)(H,12,13). The van der Waals surface area contributed by atoms with Gasteiger partial charge in [0.2, 0.25) is 0 Å². The first kappa shape index (κ1) is 11.0. The molecule has 0 fully saturated rings. The van der Waals surface area contributed by atoms with Crippen LogP contribution in [0.3, 0.4) is 0 Å². The fourth-order valence-electron chi connectivity index (χ4n) is 1.10. The number of amides is 1. The van der Waals surface area contributed by atoms with Gasteiger partial charge in [-0.05, 0) is 19.8 Å². The molecule has 0 aliphatic carbocycles. The molecule has 14 heavy (non-hydrogen) atoms. The van der Waals surface area contributed by atoms with Crippen molar-refractivity contribution in [2.24, 2.45) is 0 Å². The Bertz CT molecular complexity index is 298. The van der Waals surface area contributed by atoms with Crippen molar-refractivity contribution < 1.29 is 4.79 Å². The van der Waals surface area contributed by atoms with Crippen molar-refractivity contribution >= 4 is 17.5 Å². The molecule has 0 bridgehead atoms. The summed E-state index contributed by atoms with van der Waals surface area (Å²) in [6.07, 6.45) is 3.37. The molecule has 0 saturated carbocycles. The normalized spacial score (nSPS) is 10.1. The largest absolute Gasteiger partial charge is 0.352 e. The zero-order chi connectivity index (χ0) is 10.4. The van der Waals surface area contributed by atoms with Crippen molar-refractivity contribution in [3.05, 3.63) is 17.5 Å². The molecule has 4 nitrogen and oxygen atoms in total. The summed E-state index contributed by atoms with van der Waals surface area (Å²) in [5.41, 5.74) is 1.40. The van der Waals surface area contributed by atoms with E-state index in [1.807, 2.05) is 6.92 Å². The van der Waals surface area contributed by atoms with Gasteiger partial charge in [0.15, 0.2) is 0 Å². The number of aryl methyl sites for hydroxylation is 1. The molecule has 0 radical (unpaired) electrons. The third kappa shape index (κ3) is 3.03. The summed E-state index contributed by atoms with van der Waals surface area (Å²) in [4.78, 5) is 11.5. The lowest BCUT2D eigenvalue weighted by Gasteiger charge is -2.02. The summed E-state index contributed by atoms with van der Waals surface area (Å²) in [5, 5.41) is 9.30. The minimum atomic E-state index is -0.0779. The molecule has 0 aromatic carbocycles. The van der Waals surface area contributed by atoms with Crippen LogP contribution in [0, 0.1) is 6.92 Å². The second-order valence-corrected chi connectivity index (χ2v) is 3.44. The molecule has 1 amide bonds. The molecule has 0 aliphatic heterocycles. The highest BCUT2D eigenvalue weighted by Gasteiger charge is 2.08. The highest BCUT2D eigenvalue weighted by atomic mass is 35.5. The molecule has 0 unspecified atom stereocenters. The first-order valence-corrected chi connectivity index (χ1v) is 5.13. The van der Waals surface area contributed by atoms with Gasteiger partial charge in [0.1, 0.15) is 0 Å². The third-order valence-electron chi connectivity index (χ3n) is 1.92. The quantitative estimate of drug-likeness (QED) is 0.577. The minimum absolute atomic E-state index is 0.0779. The molecule has 0 saturated heterocycles. The number of hydrogen-bond donors (Lipinski definition) is 2. The second kappa shape index (κ2) is 5.65. The van der Waals surface area contributed by atoms with E-state index in [0.29, 0.717) is 18.0 Å². The highest BCUT2D eigenvalue weighted by molar-refractivity contribution is 6.17. The molecule has 0 spiro atoms. The van der Waals surface area contributed by atoms with Crippen molar-refractivity contribution in [1.82, 2.24) is 15.5 Å². The fourth-order valence-corrected chi connectivity index (χ4v) is 1.29. The number of nitrogens with zero attached hydrogens (tertiary/aromatic N) is 1.